The van der Waals surface area contributed by atoms with Crippen molar-refractivity contribution in [3.05, 3.63) is 126 Å². The van der Waals surface area contributed by atoms with Gasteiger partial charge < -0.3 is 14.5 Å². The van der Waals surface area contributed by atoms with E-state index in [2.05, 4.69) is 146 Å². The van der Waals surface area contributed by atoms with Crippen LogP contribution < -0.4 is 14.5 Å². The van der Waals surface area contributed by atoms with Gasteiger partial charge in [0.05, 0.1) is 17.3 Å². The number of para-hydroxylation sites is 2. The topological polar surface area (TPSA) is 28.1 Å². The van der Waals surface area contributed by atoms with Crippen molar-refractivity contribution >= 4 is 39.7 Å². The second-order valence-electron chi connectivity index (χ2n) is 12.4. The Morgan fingerprint density at radius 3 is 2.31 bits per heavy atom. The Bertz CT molecular complexity index is 1860. The average Bonchev–Trinajstić information content (AvgIpc) is 3.53. The third kappa shape index (κ3) is 3.51. The third-order valence-electron chi connectivity index (χ3n) is 9.76. The number of rotatable bonds is 4. The van der Waals surface area contributed by atoms with E-state index in [4.69, 9.17) is 9.73 Å². The molecule has 3 aliphatic rings. The molecule has 8 rings (SSSR count). The van der Waals surface area contributed by atoms with Gasteiger partial charge in [-0.25, -0.2) is 0 Å². The first-order chi connectivity index (χ1) is 20.5. The van der Waals surface area contributed by atoms with E-state index in [0.29, 0.717) is 5.92 Å². The Kier molecular flexibility index (Phi) is 5.52. The van der Waals surface area contributed by atoms with Crippen molar-refractivity contribution in [2.45, 2.75) is 44.2 Å². The van der Waals surface area contributed by atoms with Crippen molar-refractivity contribution in [3.8, 4) is 5.75 Å². The highest BCUT2D eigenvalue weighted by molar-refractivity contribution is 6.07. The largest absolute Gasteiger partial charge is 0.459 e. The summed E-state index contributed by atoms with van der Waals surface area (Å²) in [6, 6.07) is 39.2. The van der Waals surface area contributed by atoms with E-state index in [0.717, 1.165) is 36.3 Å². The molecule has 5 aromatic rings. The van der Waals surface area contributed by atoms with Gasteiger partial charge in [-0.2, -0.15) is 0 Å². The van der Waals surface area contributed by atoms with Crippen LogP contribution in [0.3, 0.4) is 0 Å². The summed E-state index contributed by atoms with van der Waals surface area (Å²) in [6.07, 6.45) is 3.13. The highest BCUT2D eigenvalue weighted by Gasteiger charge is 2.60. The molecule has 0 amide bonds. The monoisotopic (exact) mass is 549 g/mol. The molecule has 0 bridgehead atoms. The Labute approximate surface area is 247 Å². The van der Waals surface area contributed by atoms with E-state index >= 15 is 0 Å². The molecule has 0 radical (unpaired) electrons. The maximum atomic E-state index is 7.37. The van der Waals surface area contributed by atoms with E-state index in [9.17, 15) is 0 Å². The van der Waals surface area contributed by atoms with E-state index in [1.165, 1.54) is 39.1 Å². The van der Waals surface area contributed by atoms with E-state index in [1.54, 1.807) is 0 Å². The van der Waals surface area contributed by atoms with Gasteiger partial charge in [-0.05, 0) is 55.0 Å². The lowest BCUT2D eigenvalue weighted by Gasteiger charge is -2.47. The second-order valence-corrected chi connectivity index (χ2v) is 12.4. The zero-order valence-electron chi connectivity index (χ0n) is 24.4. The molecule has 0 aromatic heterocycles. The maximum absolute atomic E-state index is 7.37. The van der Waals surface area contributed by atoms with Crippen LogP contribution in [-0.2, 0) is 11.8 Å². The maximum Gasteiger partial charge on any atom is 0.228 e. The van der Waals surface area contributed by atoms with Crippen molar-refractivity contribution < 1.29 is 4.74 Å². The Hall–Kier alpha value is -4.57. The molecule has 5 aromatic carbocycles. The fourth-order valence-corrected chi connectivity index (χ4v) is 7.44. The van der Waals surface area contributed by atoms with Gasteiger partial charge in [-0.3, -0.25) is 4.99 Å². The van der Waals surface area contributed by atoms with Crippen LogP contribution in [0.25, 0.3) is 10.8 Å². The summed E-state index contributed by atoms with van der Waals surface area (Å²) in [7, 11) is 0. The lowest BCUT2D eigenvalue weighted by molar-refractivity contribution is 0.0769. The number of hydrogen-bond donors (Lipinski definition) is 0. The van der Waals surface area contributed by atoms with Gasteiger partial charge in [0, 0.05) is 41.3 Å². The summed E-state index contributed by atoms with van der Waals surface area (Å²) in [5, 5.41) is 2.33. The molecular formula is C38H35N3O. The first-order valence-corrected chi connectivity index (χ1v) is 15.1. The minimum atomic E-state index is -0.768. The molecule has 3 heterocycles. The number of aliphatic imine (C=N–C) groups is 1. The number of nitrogens with zero attached hydrogens (tertiary/aromatic N) is 3. The van der Waals surface area contributed by atoms with Crippen LogP contribution in [0.4, 0.5) is 22.7 Å². The fraction of sp³-hybridized carbons (Fsp3) is 0.237. The minimum Gasteiger partial charge on any atom is -0.459 e. The summed E-state index contributed by atoms with van der Waals surface area (Å²) < 4.78 is 7.37. The number of hydrogen-bond acceptors (Lipinski definition) is 4. The van der Waals surface area contributed by atoms with Gasteiger partial charge >= 0.3 is 0 Å². The fourth-order valence-electron chi connectivity index (χ4n) is 7.44. The van der Waals surface area contributed by atoms with Gasteiger partial charge in [0.25, 0.3) is 0 Å². The molecule has 0 N–H and O–H groups in total. The van der Waals surface area contributed by atoms with Crippen LogP contribution in [0, 0.1) is 0 Å². The molecule has 42 heavy (non-hydrogen) atoms. The highest BCUT2D eigenvalue weighted by Crippen LogP contribution is 2.56. The molecule has 1 spiro atoms. The van der Waals surface area contributed by atoms with Crippen molar-refractivity contribution in [3.63, 3.8) is 0 Å². The van der Waals surface area contributed by atoms with Crippen molar-refractivity contribution in [1.29, 1.82) is 0 Å². The molecule has 208 valence electrons. The first-order valence-electron chi connectivity index (χ1n) is 15.1. The molecule has 3 aliphatic heterocycles. The molecule has 0 aliphatic carbocycles. The van der Waals surface area contributed by atoms with Gasteiger partial charge in [0.1, 0.15) is 5.69 Å². The van der Waals surface area contributed by atoms with Crippen LogP contribution in [0.1, 0.15) is 43.4 Å². The number of anilines is 3. The molecule has 2 unspecified atom stereocenters. The number of ether oxygens (including phenoxy) is 1. The Morgan fingerprint density at radius 2 is 1.48 bits per heavy atom. The standard InChI is InChI=1S/C38H35N3O/c1-26(27-13-5-4-6-14-27)24-41-33-20-12-10-18-31(33)37(2,3)38(41)25-39-36-30-17-9-8-16-29(30)34(23-35(36)42-38)40-22-21-28-15-7-11-19-32(28)40/h4-20,23,25-26H,21-22,24H2,1-3H3. The predicted octanol–water partition coefficient (Wildman–Crippen LogP) is 8.93. The summed E-state index contributed by atoms with van der Waals surface area (Å²) >= 11 is 0. The van der Waals surface area contributed by atoms with Crippen LogP contribution in [0.5, 0.6) is 5.75 Å². The average molecular weight is 550 g/mol. The second kappa shape index (κ2) is 9.22. The third-order valence-corrected chi connectivity index (χ3v) is 9.76. The highest BCUT2D eigenvalue weighted by atomic mass is 16.5. The molecule has 4 nitrogen and oxygen atoms in total. The molecule has 4 heteroatoms. The van der Waals surface area contributed by atoms with E-state index < -0.39 is 5.72 Å². The van der Waals surface area contributed by atoms with Gasteiger partial charge in [-0.1, -0.05) is 97.9 Å². The van der Waals surface area contributed by atoms with Gasteiger partial charge in [0.2, 0.25) is 5.72 Å². The van der Waals surface area contributed by atoms with Crippen molar-refractivity contribution in [2.75, 3.05) is 22.9 Å². The summed E-state index contributed by atoms with van der Waals surface area (Å²) in [5.41, 5.74) is 7.48. The zero-order valence-corrected chi connectivity index (χ0v) is 24.4. The van der Waals surface area contributed by atoms with E-state index in [-0.39, 0.29) is 5.41 Å². The smallest absolute Gasteiger partial charge is 0.228 e. The Balaban J connectivity index is 1.29. The van der Waals surface area contributed by atoms with E-state index in [1.807, 2.05) is 0 Å². The molecule has 0 saturated heterocycles. The van der Waals surface area contributed by atoms with Crippen LogP contribution >= 0.6 is 0 Å². The number of benzene rings is 5. The lowest BCUT2D eigenvalue weighted by atomic mass is 9.77. The summed E-state index contributed by atoms with van der Waals surface area (Å²) in [6.45, 7) is 8.67. The van der Waals surface area contributed by atoms with Gasteiger partial charge in [0.15, 0.2) is 5.75 Å². The molecular weight excluding hydrogens is 514 g/mol. The molecule has 0 fully saturated rings. The summed E-state index contributed by atoms with van der Waals surface area (Å²) in [5.74, 6) is 1.14. The van der Waals surface area contributed by atoms with Crippen LogP contribution in [0.15, 0.2) is 114 Å². The quantitative estimate of drug-likeness (QED) is 0.224. The van der Waals surface area contributed by atoms with Crippen molar-refractivity contribution in [2.24, 2.45) is 4.99 Å². The first kappa shape index (κ1) is 25.2. The molecule has 2 atom stereocenters. The van der Waals surface area contributed by atoms with Crippen LogP contribution in [-0.4, -0.2) is 25.0 Å². The minimum absolute atomic E-state index is 0.302. The normalized spacial score (nSPS) is 20.4. The zero-order chi connectivity index (χ0) is 28.5. The predicted molar refractivity (Wildman–Crippen MR) is 174 cm³/mol. The Morgan fingerprint density at radius 1 is 0.786 bits per heavy atom. The molecule has 0 saturated carbocycles. The number of fused-ring (bicyclic) bond motifs is 5. The van der Waals surface area contributed by atoms with Crippen molar-refractivity contribution in [1.82, 2.24) is 0 Å². The summed E-state index contributed by atoms with van der Waals surface area (Å²) in [4.78, 5) is 10.2. The van der Waals surface area contributed by atoms with Gasteiger partial charge in [-0.15, -0.1) is 0 Å². The van der Waals surface area contributed by atoms with Crippen LogP contribution in [0.2, 0.25) is 0 Å². The SMILES string of the molecule is CC(CN1c2ccccc2C(C)(C)C12C=Nc1c(cc(N3CCc4ccccc43)c3ccccc13)O2)c1ccccc1. The lowest BCUT2D eigenvalue weighted by Crippen LogP contribution is -2.62.